The number of hydrogen-bond acceptors (Lipinski definition) is 5. The minimum Gasteiger partial charge on any atom is -0.462 e. The number of halogens is 12. The van der Waals surface area contributed by atoms with E-state index in [4.69, 9.17) is 33.7 Å². The smallest absolute Gasteiger partial charge is 0.435 e. The molecule has 0 aliphatic heterocycles. The molecule has 38 heavy (non-hydrogen) atoms. The maximum absolute atomic E-state index is 14.4. The highest BCUT2D eigenvalue weighted by Crippen LogP contribution is 2.55. The molecule has 0 amide bonds. The van der Waals surface area contributed by atoms with Crippen LogP contribution in [0.5, 0.6) is 0 Å². The zero-order valence-corrected chi connectivity index (χ0v) is 20.0. The average molecular weight is 600 g/mol. The number of nitrogens with two attached hydrogens (primary N) is 1. The van der Waals surface area contributed by atoms with Crippen LogP contribution in [0.25, 0.3) is 5.57 Å². The number of allylic oxidation sites excluding steroid dienone is 1. The number of aromatic nitrogens is 1. The molecule has 1 aromatic heterocycles. The van der Waals surface area contributed by atoms with Gasteiger partial charge < -0.3 is 10.5 Å². The fraction of sp³-hybridized carbons (Fsp3) is 0.286. The Kier molecular flexibility index (Phi) is 8.99. The molecule has 5 nitrogen and oxygen atoms in total. The highest BCUT2D eigenvalue weighted by molar-refractivity contribution is 6.33. The number of carbonyl (C=O) groups is 1. The molecular formula is C21H13Cl2F10N3O2. The number of alkyl halides is 10. The highest BCUT2D eigenvalue weighted by atomic mass is 35.5. The number of rotatable bonds is 6. The standard InChI is InChI=1S/C21H13Cl2F10N3O2/c1-2-38-17(37)12-3-9(7-36-16(12)23)10(6-34)8-35-15-13(19(25,26)27)4-11(5-14(15)22)18(24,20(28,29)30)21(31,32)33/h3-8H,2,34H2,1H3/b10-6+,35-8?. The first-order valence-corrected chi connectivity index (χ1v) is 10.6. The van der Waals surface area contributed by atoms with Gasteiger partial charge in [-0.2, -0.15) is 39.5 Å². The lowest BCUT2D eigenvalue weighted by atomic mass is 9.92. The Morgan fingerprint density at radius 2 is 1.61 bits per heavy atom. The number of benzene rings is 1. The number of aliphatic imine (C=N–C) groups is 1. The summed E-state index contributed by atoms with van der Waals surface area (Å²) in [6.07, 6.45) is -16.6. The van der Waals surface area contributed by atoms with Gasteiger partial charge in [-0.15, -0.1) is 0 Å². The second-order valence-corrected chi connectivity index (χ2v) is 7.93. The van der Waals surface area contributed by atoms with E-state index in [1.807, 2.05) is 0 Å². The quantitative estimate of drug-likeness (QED) is 0.161. The molecule has 0 spiro atoms. The third-order valence-electron chi connectivity index (χ3n) is 4.73. The van der Waals surface area contributed by atoms with E-state index in [0.717, 1.165) is 18.5 Å². The van der Waals surface area contributed by atoms with Gasteiger partial charge in [0.05, 0.1) is 28.4 Å². The fourth-order valence-electron chi connectivity index (χ4n) is 2.94. The molecule has 0 radical (unpaired) electrons. The van der Waals surface area contributed by atoms with Crippen molar-refractivity contribution in [3.8, 4) is 0 Å². The van der Waals surface area contributed by atoms with Crippen molar-refractivity contribution < 1.29 is 53.4 Å². The normalized spacial score (nSPS) is 13.8. The topological polar surface area (TPSA) is 77.6 Å². The molecular weight excluding hydrogens is 587 g/mol. The van der Waals surface area contributed by atoms with Crippen LogP contribution >= 0.6 is 23.2 Å². The number of hydrogen-bond donors (Lipinski definition) is 1. The predicted molar refractivity (Wildman–Crippen MR) is 117 cm³/mol. The van der Waals surface area contributed by atoms with Gasteiger partial charge in [0.25, 0.3) is 0 Å². The van der Waals surface area contributed by atoms with E-state index in [1.165, 1.54) is 6.92 Å². The molecule has 1 heterocycles. The van der Waals surface area contributed by atoms with Crippen molar-refractivity contribution in [2.45, 2.75) is 31.1 Å². The molecule has 1 aromatic carbocycles. The molecule has 0 fully saturated rings. The summed E-state index contributed by atoms with van der Waals surface area (Å²) in [4.78, 5) is 19.1. The summed E-state index contributed by atoms with van der Waals surface area (Å²) in [6, 6.07) is 0.130. The molecule has 0 saturated heterocycles. The second-order valence-electron chi connectivity index (χ2n) is 7.17. The predicted octanol–water partition coefficient (Wildman–Crippen LogP) is 7.58. The van der Waals surface area contributed by atoms with Crippen LogP contribution in [0.1, 0.15) is 34.0 Å². The molecule has 0 atom stereocenters. The molecule has 2 rings (SSSR count). The first-order chi connectivity index (χ1) is 17.3. The molecule has 0 aliphatic rings. The van der Waals surface area contributed by atoms with Crippen molar-refractivity contribution in [2.75, 3.05) is 6.61 Å². The molecule has 2 aromatic rings. The first-order valence-electron chi connectivity index (χ1n) is 9.82. The molecule has 17 heteroatoms. The zero-order valence-electron chi connectivity index (χ0n) is 18.5. The van der Waals surface area contributed by atoms with Crippen LogP contribution < -0.4 is 5.73 Å². The number of carbonyl (C=O) groups excluding carboxylic acids is 1. The maximum atomic E-state index is 14.4. The number of pyridine rings is 1. The minimum absolute atomic E-state index is 0.0437. The van der Waals surface area contributed by atoms with E-state index >= 15 is 0 Å². The highest BCUT2D eigenvalue weighted by Gasteiger charge is 2.73. The van der Waals surface area contributed by atoms with Crippen molar-refractivity contribution in [1.82, 2.24) is 4.98 Å². The van der Waals surface area contributed by atoms with Gasteiger partial charge in [-0.3, -0.25) is 4.99 Å². The molecule has 0 aliphatic carbocycles. The summed E-state index contributed by atoms with van der Waals surface area (Å²) in [6.45, 7) is 1.45. The Morgan fingerprint density at radius 1 is 1.03 bits per heavy atom. The van der Waals surface area contributed by atoms with E-state index in [-0.39, 0.29) is 34.5 Å². The van der Waals surface area contributed by atoms with Gasteiger partial charge in [0.1, 0.15) is 5.15 Å². The Morgan fingerprint density at radius 3 is 2.08 bits per heavy atom. The van der Waals surface area contributed by atoms with Crippen LogP contribution in [-0.2, 0) is 16.6 Å². The van der Waals surface area contributed by atoms with Crippen LogP contribution in [0, 0.1) is 0 Å². The average Bonchev–Trinajstić information content (AvgIpc) is 2.78. The fourth-order valence-corrected chi connectivity index (χ4v) is 3.39. The zero-order chi connectivity index (χ0) is 29.3. The number of nitrogens with zero attached hydrogens (tertiary/aromatic N) is 2. The third-order valence-corrected chi connectivity index (χ3v) is 5.32. The molecule has 2 N–H and O–H groups in total. The third kappa shape index (κ3) is 6.14. The van der Waals surface area contributed by atoms with Crippen LogP contribution in [0.15, 0.2) is 35.6 Å². The van der Waals surface area contributed by atoms with Gasteiger partial charge in [0.2, 0.25) is 0 Å². The van der Waals surface area contributed by atoms with Gasteiger partial charge >= 0.3 is 30.2 Å². The van der Waals surface area contributed by atoms with Gasteiger partial charge in [0.15, 0.2) is 0 Å². The largest absolute Gasteiger partial charge is 0.462 e. The monoisotopic (exact) mass is 599 g/mol. The van der Waals surface area contributed by atoms with Crippen molar-refractivity contribution in [2.24, 2.45) is 10.7 Å². The van der Waals surface area contributed by atoms with Gasteiger partial charge in [-0.25, -0.2) is 14.2 Å². The summed E-state index contributed by atoms with van der Waals surface area (Å²) in [5.41, 5.74) is -7.29. The Hall–Kier alpha value is -3.07. The molecule has 0 unspecified atom stereocenters. The van der Waals surface area contributed by atoms with Crippen LogP contribution in [0.4, 0.5) is 49.6 Å². The SMILES string of the molecule is CCOC(=O)c1cc(/C(C=Nc2c(Cl)cc(C(F)(C(F)(F)F)C(F)(F)F)cc2C(F)(F)F)=C/N)cnc1Cl. The summed E-state index contributed by atoms with van der Waals surface area (Å²) in [5, 5.41) is -1.69. The van der Waals surface area contributed by atoms with E-state index < -0.39 is 58.1 Å². The minimum atomic E-state index is -6.68. The van der Waals surface area contributed by atoms with Gasteiger partial charge in [-0.1, -0.05) is 23.2 Å². The van der Waals surface area contributed by atoms with E-state index in [9.17, 15) is 48.7 Å². The summed E-state index contributed by atoms with van der Waals surface area (Å²) >= 11 is 11.4. The number of esters is 1. The lowest BCUT2D eigenvalue weighted by molar-refractivity contribution is -0.348. The van der Waals surface area contributed by atoms with Crippen molar-refractivity contribution in [1.29, 1.82) is 0 Å². The van der Waals surface area contributed by atoms with E-state index in [0.29, 0.717) is 6.21 Å². The lowest BCUT2D eigenvalue weighted by Crippen LogP contribution is -2.50. The van der Waals surface area contributed by atoms with Gasteiger partial charge in [0, 0.05) is 35.3 Å². The Labute approximate surface area is 216 Å². The lowest BCUT2D eigenvalue weighted by Gasteiger charge is -2.31. The first kappa shape index (κ1) is 31.1. The Bertz CT molecular complexity index is 1260. The summed E-state index contributed by atoms with van der Waals surface area (Å²) < 4.78 is 139. The number of ether oxygens (including phenoxy) is 1. The maximum Gasteiger partial charge on any atom is 0.435 e. The van der Waals surface area contributed by atoms with Crippen molar-refractivity contribution in [3.63, 3.8) is 0 Å². The second kappa shape index (κ2) is 11.0. The summed E-state index contributed by atoms with van der Waals surface area (Å²) in [7, 11) is 0. The van der Waals surface area contributed by atoms with E-state index in [1.54, 1.807) is 0 Å². The van der Waals surface area contributed by atoms with Crippen molar-refractivity contribution >= 4 is 46.6 Å². The molecule has 208 valence electrons. The van der Waals surface area contributed by atoms with Gasteiger partial charge in [-0.05, 0) is 25.1 Å². The van der Waals surface area contributed by atoms with Crippen LogP contribution in [0.3, 0.4) is 0 Å². The van der Waals surface area contributed by atoms with Crippen molar-refractivity contribution in [3.05, 3.63) is 63.0 Å². The molecule has 0 bridgehead atoms. The Balaban J connectivity index is 2.70. The van der Waals surface area contributed by atoms with Crippen LogP contribution in [-0.4, -0.2) is 36.1 Å². The van der Waals surface area contributed by atoms with E-state index in [2.05, 4.69) is 9.98 Å². The molecule has 0 saturated carbocycles. The van der Waals surface area contributed by atoms with Crippen LogP contribution in [0.2, 0.25) is 10.2 Å². The summed E-state index contributed by atoms with van der Waals surface area (Å²) in [5.74, 6) is -0.915.